The van der Waals surface area contributed by atoms with Crippen molar-refractivity contribution in [3.63, 3.8) is 0 Å². The molecule has 0 bridgehead atoms. The Balaban J connectivity index is 1.32. The molecule has 1 aliphatic heterocycles. The number of methoxy groups -OCH3 is 2. The highest BCUT2D eigenvalue weighted by atomic mass is 32.2. The second kappa shape index (κ2) is 11.6. The van der Waals surface area contributed by atoms with Gasteiger partial charge in [0.1, 0.15) is 23.1 Å². The maximum absolute atomic E-state index is 13.2. The van der Waals surface area contributed by atoms with Crippen molar-refractivity contribution in [3.05, 3.63) is 84.2 Å². The summed E-state index contributed by atoms with van der Waals surface area (Å²) in [6.45, 7) is 4.58. The van der Waals surface area contributed by atoms with Gasteiger partial charge in [-0.05, 0) is 49.4 Å². The molecule has 1 aliphatic rings. The number of piperazine rings is 1. The van der Waals surface area contributed by atoms with Gasteiger partial charge in [0.25, 0.3) is 0 Å². The monoisotopic (exact) mass is 547 g/mol. The van der Waals surface area contributed by atoms with Crippen LogP contribution >= 0.6 is 0 Å². The van der Waals surface area contributed by atoms with Crippen molar-refractivity contribution in [2.75, 3.05) is 45.7 Å². The Morgan fingerprint density at radius 3 is 2.28 bits per heavy atom. The number of nitrogens with zero attached hydrogens (tertiary/aromatic N) is 4. The van der Waals surface area contributed by atoms with Gasteiger partial charge in [0, 0.05) is 43.7 Å². The lowest BCUT2D eigenvalue weighted by molar-refractivity contribution is 0.141. The molecule has 0 spiro atoms. The zero-order valence-corrected chi connectivity index (χ0v) is 23.2. The average molecular weight is 548 g/mol. The highest BCUT2D eigenvalue weighted by molar-refractivity contribution is 7.89. The minimum Gasteiger partial charge on any atom is -0.497 e. The topological polar surface area (TPSA) is 96.9 Å². The van der Waals surface area contributed by atoms with Gasteiger partial charge < -0.3 is 14.8 Å². The number of benzene rings is 3. The van der Waals surface area contributed by atoms with E-state index < -0.39 is 10.0 Å². The molecule has 10 heteroatoms. The third-order valence-electron chi connectivity index (χ3n) is 7.15. The van der Waals surface area contributed by atoms with Crippen LogP contribution in [-0.2, 0) is 16.6 Å². The molecule has 1 atom stereocenters. The van der Waals surface area contributed by atoms with Crippen LogP contribution in [0.3, 0.4) is 0 Å². The van der Waals surface area contributed by atoms with Gasteiger partial charge in [-0.15, -0.1) is 0 Å². The lowest BCUT2D eigenvalue weighted by atomic mass is 10.1. The average Bonchev–Trinajstić information content (AvgIpc) is 2.99. The van der Waals surface area contributed by atoms with E-state index in [1.165, 1.54) is 0 Å². The standard InChI is InChI=1S/C29H33N5O4S/c1-21(33-16-18-34(19-17-33)39(35,36)24-14-12-23(37-2)13-15-24)28-31-26-10-6-5-9-25(26)29(32-28)30-20-22-8-4-7-11-27(22)38-3/h4-15,21H,16-20H2,1-3H3,(H,30,31,32)/t21-/m1/s1. The Bertz CT molecular complexity index is 1540. The summed E-state index contributed by atoms with van der Waals surface area (Å²) in [6, 6.07) is 22.3. The number of nitrogens with one attached hydrogen (secondary N) is 1. The largest absolute Gasteiger partial charge is 0.497 e. The Morgan fingerprint density at radius 2 is 1.56 bits per heavy atom. The van der Waals surface area contributed by atoms with Crippen molar-refractivity contribution in [2.45, 2.75) is 24.4 Å². The van der Waals surface area contributed by atoms with Crippen LogP contribution < -0.4 is 14.8 Å². The van der Waals surface area contributed by atoms with Gasteiger partial charge >= 0.3 is 0 Å². The number of aromatic nitrogens is 2. The number of hydrogen-bond donors (Lipinski definition) is 1. The number of sulfonamides is 1. The molecule has 0 radical (unpaired) electrons. The fourth-order valence-corrected chi connectivity index (χ4v) is 6.26. The molecule has 2 heterocycles. The SMILES string of the molecule is COc1ccc(S(=O)(=O)N2CCN([C@H](C)c3nc(NCc4ccccc4OC)c4ccccc4n3)CC2)cc1. The summed E-state index contributed by atoms with van der Waals surface area (Å²) in [5.41, 5.74) is 1.89. The lowest BCUT2D eigenvalue weighted by Crippen LogP contribution is -2.49. The van der Waals surface area contributed by atoms with Crippen LogP contribution in [0.4, 0.5) is 5.82 Å². The van der Waals surface area contributed by atoms with Gasteiger partial charge in [-0.3, -0.25) is 4.90 Å². The number of hydrogen-bond acceptors (Lipinski definition) is 8. The van der Waals surface area contributed by atoms with Crippen LogP contribution in [0, 0.1) is 0 Å². The fraction of sp³-hybridized carbons (Fsp3) is 0.310. The molecule has 0 amide bonds. The number of rotatable bonds is 9. The van der Waals surface area contributed by atoms with Gasteiger partial charge in [0.05, 0.1) is 30.7 Å². The molecule has 204 valence electrons. The molecule has 1 saturated heterocycles. The second-order valence-electron chi connectivity index (χ2n) is 9.40. The summed E-state index contributed by atoms with van der Waals surface area (Å²) < 4.78 is 38.6. The summed E-state index contributed by atoms with van der Waals surface area (Å²) in [5.74, 6) is 2.90. The van der Waals surface area contributed by atoms with Crippen molar-refractivity contribution in [2.24, 2.45) is 0 Å². The van der Waals surface area contributed by atoms with Gasteiger partial charge in [-0.2, -0.15) is 4.31 Å². The van der Waals surface area contributed by atoms with Crippen LogP contribution in [0.5, 0.6) is 11.5 Å². The maximum Gasteiger partial charge on any atom is 0.243 e. The van der Waals surface area contributed by atoms with Gasteiger partial charge in [0.2, 0.25) is 10.0 Å². The normalized spacial score (nSPS) is 15.7. The van der Waals surface area contributed by atoms with Crippen LogP contribution in [-0.4, -0.2) is 68.0 Å². The first-order valence-electron chi connectivity index (χ1n) is 12.9. The van der Waals surface area contributed by atoms with Crippen molar-refractivity contribution in [3.8, 4) is 11.5 Å². The van der Waals surface area contributed by atoms with E-state index in [-0.39, 0.29) is 10.9 Å². The van der Waals surface area contributed by atoms with E-state index >= 15 is 0 Å². The van der Waals surface area contributed by atoms with E-state index in [9.17, 15) is 8.42 Å². The Hall–Kier alpha value is -3.73. The van der Waals surface area contributed by atoms with E-state index in [4.69, 9.17) is 19.4 Å². The minimum atomic E-state index is -3.58. The van der Waals surface area contributed by atoms with Crippen LogP contribution in [0.2, 0.25) is 0 Å². The van der Waals surface area contributed by atoms with E-state index in [2.05, 4.69) is 17.1 Å². The summed E-state index contributed by atoms with van der Waals surface area (Å²) in [6.07, 6.45) is 0. The van der Waals surface area contributed by atoms with Crippen molar-refractivity contribution >= 4 is 26.7 Å². The molecular formula is C29H33N5O4S. The third-order valence-corrected chi connectivity index (χ3v) is 9.06. The molecule has 9 nitrogen and oxygen atoms in total. The van der Waals surface area contributed by atoms with Gasteiger partial charge in [-0.1, -0.05) is 30.3 Å². The van der Waals surface area contributed by atoms with Crippen LogP contribution in [0.15, 0.2) is 77.7 Å². The second-order valence-corrected chi connectivity index (χ2v) is 11.3. The molecule has 3 aromatic carbocycles. The minimum absolute atomic E-state index is 0.0905. The molecule has 0 saturated carbocycles. The molecule has 1 N–H and O–H groups in total. The number of ether oxygens (including phenoxy) is 2. The number of fused-ring (bicyclic) bond motifs is 1. The zero-order valence-electron chi connectivity index (χ0n) is 22.4. The van der Waals surface area contributed by atoms with E-state index in [1.54, 1.807) is 42.8 Å². The zero-order chi connectivity index (χ0) is 27.4. The smallest absolute Gasteiger partial charge is 0.243 e. The van der Waals surface area contributed by atoms with Gasteiger partial charge in [-0.25, -0.2) is 18.4 Å². The summed E-state index contributed by atoms with van der Waals surface area (Å²) in [5, 5.41) is 4.43. The Labute approximate surface area is 229 Å². The molecular weight excluding hydrogens is 514 g/mol. The van der Waals surface area contributed by atoms with Gasteiger partial charge in [0.15, 0.2) is 0 Å². The number of para-hydroxylation sites is 2. The van der Waals surface area contributed by atoms with E-state index in [0.717, 1.165) is 28.0 Å². The predicted octanol–water partition coefficient (Wildman–Crippen LogP) is 4.33. The molecule has 0 unspecified atom stereocenters. The third kappa shape index (κ3) is 5.68. The first kappa shape index (κ1) is 26.9. The molecule has 5 rings (SSSR count). The van der Waals surface area contributed by atoms with Crippen molar-refractivity contribution in [1.82, 2.24) is 19.2 Å². The van der Waals surface area contributed by atoms with E-state index in [1.807, 2.05) is 48.5 Å². The van der Waals surface area contributed by atoms with E-state index in [0.29, 0.717) is 44.3 Å². The molecule has 39 heavy (non-hydrogen) atoms. The Morgan fingerprint density at radius 1 is 0.872 bits per heavy atom. The summed E-state index contributed by atoms with van der Waals surface area (Å²) in [4.78, 5) is 12.3. The molecule has 1 aromatic heterocycles. The number of anilines is 1. The van der Waals surface area contributed by atoms with Crippen LogP contribution in [0.25, 0.3) is 10.9 Å². The van der Waals surface area contributed by atoms with Crippen LogP contribution in [0.1, 0.15) is 24.4 Å². The quantitative estimate of drug-likeness (QED) is 0.331. The Kier molecular flexibility index (Phi) is 7.97. The summed E-state index contributed by atoms with van der Waals surface area (Å²) >= 11 is 0. The van der Waals surface area contributed by atoms with Crippen molar-refractivity contribution < 1.29 is 17.9 Å². The van der Waals surface area contributed by atoms with Crippen molar-refractivity contribution in [1.29, 1.82) is 0 Å². The maximum atomic E-state index is 13.2. The highest BCUT2D eigenvalue weighted by Gasteiger charge is 2.31. The molecule has 4 aromatic rings. The molecule has 0 aliphatic carbocycles. The first-order valence-corrected chi connectivity index (χ1v) is 14.4. The predicted molar refractivity (Wildman–Crippen MR) is 152 cm³/mol. The first-order chi connectivity index (χ1) is 18.9. The lowest BCUT2D eigenvalue weighted by Gasteiger charge is -2.36. The highest BCUT2D eigenvalue weighted by Crippen LogP contribution is 2.28. The molecule has 1 fully saturated rings. The fourth-order valence-electron chi connectivity index (χ4n) is 4.84. The summed E-state index contributed by atoms with van der Waals surface area (Å²) in [7, 11) is -0.351.